The number of carbonyl (C=O) groups is 3. The second-order valence-electron chi connectivity index (χ2n) is 3.82. The van der Waals surface area contributed by atoms with Crippen molar-refractivity contribution in [3.05, 3.63) is 23.7 Å². The van der Waals surface area contributed by atoms with Gasteiger partial charge >= 0.3 is 5.91 Å². The minimum absolute atomic E-state index is 0.0237. The quantitative estimate of drug-likeness (QED) is 0.246. The Labute approximate surface area is 108 Å². The third kappa shape index (κ3) is 4.77. The van der Waals surface area contributed by atoms with Crippen LogP contribution >= 0.6 is 0 Å². The zero-order chi connectivity index (χ0) is 14.4. The third-order valence-corrected chi connectivity index (χ3v) is 2.15. The van der Waals surface area contributed by atoms with Crippen molar-refractivity contribution in [3.63, 3.8) is 0 Å². The van der Waals surface area contributed by atoms with Crippen LogP contribution in [0.5, 0.6) is 0 Å². The monoisotopic (exact) mass is 269 g/mol. The summed E-state index contributed by atoms with van der Waals surface area (Å²) in [6, 6.07) is 2.95. The van der Waals surface area contributed by atoms with Gasteiger partial charge in [-0.05, 0) is 12.1 Å². The van der Waals surface area contributed by atoms with Gasteiger partial charge in [-0.3, -0.25) is 24.7 Å². The van der Waals surface area contributed by atoms with Crippen molar-refractivity contribution in [1.29, 1.82) is 0 Å². The highest BCUT2D eigenvalue weighted by Crippen LogP contribution is 2.10. The number of hydrazine groups is 1. The van der Waals surface area contributed by atoms with Gasteiger partial charge in [0.2, 0.25) is 11.8 Å². The highest BCUT2D eigenvalue weighted by Gasteiger charge is 2.15. The van der Waals surface area contributed by atoms with E-state index in [1.54, 1.807) is 0 Å². The molecule has 0 saturated heterocycles. The number of nitrogens with one attached hydrogen (secondary N) is 1. The standard InChI is InChI=1S/C10H15N5O4/c11-8(16)4-15(5-9(12)17)3-6-1-2-7(19-6)10(18)14-13/h1-2H,3-5,13H2,(H2,11,16)(H2,12,17)(H,14,18). The van der Waals surface area contributed by atoms with Crippen molar-refractivity contribution in [2.75, 3.05) is 13.1 Å². The lowest BCUT2D eigenvalue weighted by atomic mass is 10.3. The molecule has 1 aromatic heterocycles. The van der Waals surface area contributed by atoms with Gasteiger partial charge in [0, 0.05) is 0 Å². The molecule has 9 heteroatoms. The predicted molar refractivity (Wildman–Crippen MR) is 64.0 cm³/mol. The maximum atomic E-state index is 11.2. The summed E-state index contributed by atoms with van der Waals surface area (Å²) in [6.07, 6.45) is 0. The van der Waals surface area contributed by atoms with E-state index >= 15 is 0 Å². The molecule has 7 N–H and O–H groups in total. The molecule has 0 aliphatic rings. The molecule has 1 heterocycles. The van der Waals surface area contributed by atoms with E-state index in [-0.39, 0.29) is 25.4 Å². The van der Waals surface area contributed by atoms with Gasteiger partial charge in [-0.2, -0.15) is 0 Å². The second kappa shape index (κ2) is 6.52. The number of furan rings is 1. The molecule has 0 saturated carbocycles. The van der Waals surface area contributed by atoms with Crippen LogP contribution in [0, 0.1) is 0 Å². The molecular formula is C10H15N5O4. The molecule has 1 rings (SSSR count). The molecule has 0 fully saturated rings. The Balaban J connectivity index is 2.72. The molecule has 0 spiro atoms. The lowest BCUT2D eigenvalue weighted by Crippen LogP contribution is -2.39. The van der Waals surface area contributed by atoms with Crippen LogP contribution in [-0.4, -0.2) is 35.7 Å². The number of rotatable bonds is 7. The third-order valence-electron chi connectivity index (χ3n) is 2.15. The minimum atomic E-state index is -0.604. The Morgan fingerprint density at radius 2 is 1.74 bits per heavy atom. The molecule has 104 valence electrons. The van der Waals surface area contributed by atoms with Crippen molar-refractivity contribution >= 4 is 17.7 Å². The van der Waals surface area contributed by atoms with Gasteiger partial charge in [0.15, 0.2) is 5.76 Å². The van der Waals surface area contributed by atoms with Crippen molar-refractivity contribution in [3.8, 4) is 0 Å². The van der Waals surface area contributed by atoms with Crippen LogP contribution in [-0.2, 0) is 16.1 Å². The summed E-state index contributed by atoms with van der Waals surface area (Å²) in [6.45, 7) is -0.187. The van der Waals surface area contributed by atoms with E-state index in [1.165, 1.54) is 17.0 Å². The number of nitrogen functional groups attached to an aromatic ring is 1. The second-order valence-corrected chi connectivity index (χ2v) is 3.82. The average Bonchev–Trinajstić information content (AvgIpc) is 2.74. The van der Waals surface area contributed by atoms with Gasteiger partial charge in [-0.25, -0.2) is 5.84 Å². The van der Waals surface area contributed by atoms with E-state index in [0.29, 0.717) is 5.76 Å². The minimum Gasteiger partial charge on any atom is -0.455 e. The van der Waals surface area contributed by atoms with E-state index in [9.17, 15) is 14.4 Å². The van der Waals surface area contributed by atoms with Gasteiger partial charge in [0.05, 0.1) is 19.6 Å². The number of hydrogen-bond donors (Lipinski definition) is 4. The first-order chi connectivity index (χ1) is 8.92. The molecule has 19 heavy (non-hydrogen) atoms. The van der Waals surface area contributed by atoms with Crippen molar-refractivity contribution in [2.45, 2.75) is 6.54 Å². The number of primary amides is 2. The van der Waals surface area contributed by atoms with Gasteiger partial charge in [-0.1, -0.05) is 0 Å². The summed E-state index contributed by atoms with van der Waals surface area (Å²) >= 11 is 0. The molecule has 3 amide bonds. The van der Waals surface area contributed by atoms with Crippen LogP contribution in [0.1, 0.15) is 16.3 Å². The van der Waals surface area contributed by atoms with E-state index in [1.807, 2.05) is 5.43 Å². The summed E-state index contributed by atoms with van der Waals surface area (Å²) in [5, 5.41) is 0. The Hall–Kier alpha value is -2.39. The molecule has 0 atom stereocenters. The largest absolute Gasteiger partial charge is 0.455 e. The number of hydrogen-bond acceptors (Lipinski definition) is 6. The summed E-state index contributed by atoms with van der Waals surface area (Å²) in [5.74, 6) is 3.56. The van der Waals surface area contributed by atoms with Crippen LogP contribution in [0.3, 0.4) is 0 Å². The first-order valence-electron chi connectivity index (χ1n) is 5.31. The SMILES string of the molecule is NNC(=O)c1ccc(CN(CC(N)=O)CC(N)=O)o1. The molecule has 0 aliphatic heterocycles. The van der Waals surface area contributed by atoms with Crippen LogP contribution in [0.4, 0.5) is 0 Å². The molecular weight excluding hydrogens is 254 g/mol. The van der Waals surface area contributed by atoms with E-state index < -0.39 is 17.7 Å². The first-order valence-corrected chi connectivity index (χ1v) is 5.31. The predicted octanol–water partition coefficient (Wildman–Crippen LogP) is -2.34. The van der Waals surface area contributed by atoms with E-state index in [2.05, 4.69) is 0 Å². The summed E-state index contributed by atoms with van der Waals surface area (Å²) in [7, 11) is 0. The smallest absolute Gasteiger partial charge is 0.300 e. The fraction of sp³-hybridized carbons (Fsp3) is 0.300. The molecule has 0 bridgehead atoms. The van der Waals surface area contributed by atoms with Crippen molar-refractivity contribution < 1.29 is 18.8 Å². The Morgan fingerprint density at radius 1 is 1.16 bits per heavy atom. The van der Waals surface area contributed by atoms with E-state index in [0.717, 1.165) is 0 Å². The van der Waals surface area contributed by atoms with Gasteiger partial charge in [0.1, 0.15) is 5.76 Å². The molecule has 1 aromatic rings. The average molecular weight is 269 g/mol. The fourth-order valence-electron chi connectivity index (χ4n) is 1.48. The first kappa shape index (κ1) is 14.7. The lowest BCUT2D eigenvalue weighted by molar-refractivity contribution is -0.122. The van der Waals surface area contributed by atoms with E-state index in [4.69, 9.17) is 21.7 Å². The molecule has 0 aromatic carbocycles. The van der Waals surface area contributed by atoms with Crippen LogP contribution in [0.15, 0.2) is 16.5 Å². The maximum absolute atomic E-state index is 11.2. The molecule has 0 aliphatic carbocycles. The maximum Gasteiger partial charge on any atom is 0.300 e. The number of carbonyl (C=O) groups excluding carboxylic acids is 3. The zero-order valence-electron chi connectivity index (χ0n) is 10.1. The highest BCUT2D eigenvalue weighted by atomic mass is 16.4. The Morgan fingerprint density at radius 3 is 2.21 bits per heavy atom. The summed E-state index contributed by atoms with van der Waals surface area (Å²) < 4.78 is 5.19. The normalized spacial score (nSPS) is 10.4. The number of amides is 3. The number of nitrogens with two attached hydrogens (primary N) is 3. The van der Waals surface area contributed by atoms with Gasteiger partial charge in [0.25, 0.3) is 0 Å². The van der Waals surface area contributed by atoms with Gasteiger partial charge < -0.3 is 15.9 Å². The summed E-state index contributed by atoms with van der Waals surface area (Å²) in [5.41, 5.74) is 12.0. The number of nitrogens with zero attached hydrogens (tertiary/aromatic N) is 1. The van der Waals surface area contributed by atoms with Crippen LogP contribution < -0.4 is 22.7 Å². The topological polar surface area (TPSA) is 158 Å². The van der Waals surface area contributed by atoms with Crippen molar-refractivity contribution in [1.82, 2.24) is 10.3 Å². The Kier molecular flexibility index (Phi) is 5.03. The van der Waals surface area contributed by atoms with Crippen molar-refractivity contribution in [2.24, 2.45) is 17.3 Å². The van der Waals surface area contributed by atoms with Gasteiger partial charge in [-0.15, -0.1) is 0 Å². The Bertz CT molecular complexity index is 468. The van der Waals surface area contributed by atoms with Crippen LogP contribution in [0.25, 0.3) is 0 Å². The highest BCUT2D eigenvalue weighted by molar-refractivity contribution is 5.90. The van der Waals surface area contributed by atoms with Crippen LogP contribution in [0.2, 0.25) is 0 Å². The summed E-state index contributed by atoms with van der Waals surface area (Å²) in [4.78, 5) is 34.3. The molecule has 0 radical (unpaired) electrons. The molecule has 0 unspecified atom stereocenters. The zero-order valence-corrected chi connectivity index (χ0v) is 10.1. The fourth-order valence-corrected chi connectivity index (χ4v) is 1.48. The molecule has 9 nitrogen and oxygen atoms in total. The lowest BCUT2D eigenvalue weighted by Gasteiger charge is -2.17.